The molecule has 1 aliphatic carbocycles. The molecule has 1 aliphatic rings. The van der Waals surface area contributed by atoms with E-state index in [1.807, 2.05) is 0 Å². The van der Waals surface area contributed by atoms with Gasteiger partial charge in [0.15, 0.2) is 0 Å². The Kier molecular flexibility index (Phi) is 2.55. The predicted molar refractivity (Wildman–Crippen MR) is 53.0 cm³/mol. The highest BCUT2D eigenvalue weighted by atomic mass is 35.5. The molecule has 74 valence electrons. The van der Waals surface area contributed by atoms with Crippen LogP contribution in [0.1, 0.15) is 30.7 Å². The third-order valence-electron chi connectivity index (χ3n) is 2.65. The van der Waals surface area contributed by atoms with Crippen molar-refractivity contribution in [2.24, 2.45) is 0 Å². The van der Waals surface area contributed by atoms with E-state index >= 15 is 0 Å². The molecular weight excluding hydrogens is 203 g/mol. The summed E-state index contributed by atoms with van der Waals surface area (Å²) in [6.07, 6.45) is 2.01. The second-order valence-electron chi connectivity index (χ2n) is 3.64. The Balaban J connectivity index is 2.28. The molecule has 0 radical (unpaired) electrons. The zero-order chi connectivity index (χ0) is 10.1. The molecule has 14 heavy (non-hydrogen) atoms. The first-order valence-corrected chi connectivity index (χ1v) is 5.01. The molecule has 0 saturated heterocycles. The Morgan fingerprint density at radius 2 is 2.21 bits per heavy atom. The van der Waals surface area contributed by atoms with Gasteiger partial charge in [-0.15, -0.1) is 0 Å². The highest BCUT2D eigenvalue weighted by Crippen LogP contribution is 2.35. The van der Waals surface area contributed by atoms with E-state index in [0.29, 0.717) is 17.9 Å². The lowest BCUT2D eigenvalue weighted by Gasteiger charge is -2.10. The van der Waals surface area contributed by atoms with Crippen LogP contribution >= 0.6 is 11.6 Å². The van der Waals surface area contributed by atoms with E-state index in [1.165, 1.54) is 12.1 Å². The van der Waals surface area contributed by atoms with E-state index in [9.17, 15) is 9.18 Å². The molecule has 1 atom stereocenters. The lowest BCUT2D eigenvalue weighted by Crippen LogP contribution is -1.95. The lowest BCUT2D eigenvalue weighted by atomic mass is 9.98. The second-order valence-corrected chi connectivity index (χ2v) is 4.05. The molecule has 1 unspecified atom stereocenters. The van der Waals surface area contributed by atoms with Crippen LogP contribution < -0.4 is 0 Å². The Bertz CT molecular complexity index is 376. The summed E-state index contributed by atoms with van der Waals surface area (Å²) in [6.45, 7) is 0. The van der Waals surface area contributed by atoms with Crippen LogP contribution in [0.4, 0.5) is 4.39 Å². The first-order chi connectivity index (χ1) is 6.66. The first-order valence-electron chi connectivity index (χ1n) is 4.63. The summed E-state index contributed by atoms with van der Waals surface area (Å²) in [7, 11) is 0. The van der Waals surface area contributed by atoms with Gasteiger partial charge in [0.1, 0.15) is 11.6 Å². The SMILES string of the molecule is O=C1CCC(c2ccc(F)cc2Cl)C1. The molecule has 0 aliphatic heterocycles. The Morgan fingerprint density at radius 1 is 1.43 bits per heavy atom. The van der Waals surface area contributed by atoms with Gasteiger partial charge in [-0.3, -0.25) is 4.79 Å². The largest absolute Gasteiger partial charge is 0.300 e. The van der Waals surface area contributed by atoms with Crippen LogP contribution in [0.2, 0.25) is 5.02 Å². The van der Waals surface area contributed by atoms with Crippen molar-refractivity contribution in [2.75, 3.05) is 0 Å². The number of carbonyl (C=O) groups is 1. The van der Waals surface area contributed by atoms with Gasteiger partial charge in [0.2, 0.25) is 0 Å². The fourth-order valence-electron chi connectivity index (χ4n) is 1.91. The number of ketones is 1. The molecule has 0 heterocycles. The normalized spacial score (nSPS) is 21.6. The van der Waals surface area contributed by atoms with Crippen LogP contribution in [0.5, 0.6) is 0 Å². The van der Waals surface area contributed by atoms with Crippen LogP contribution in [0, 0.1) is 5.82 Å². The summed E-state index contributed by atoms with van der Waals surface area (Å²) in [5.41, 5.74) is 0.902. The molecule has 1 nitrogen and oxygen atoms in total. The van der Waals surface area contributed by atoms with Crippen LogP contribution in [-0.4, -0.2) is 5.78 Å². The van der Waals surface area contributed by atoms with Gasteiger partial charge in [0.25, 0.3) is 0 Å². The standard InChI is InChI=1S/C11H10ClFO/c12-11-6-8(13)2-4-10(11)7-1-3-9(14)5-7/h2,4,6-7H,1,3,5H2. The van der Waals surface area contributed by atoms with E-state index < -0.39 is 0 Å². The van der Waals surface area contributed by atoms with Crippen molar-refractivity contribution in [1.29, 1.82) is 0 Å². The molecule has 2 rings (SSSR count). The van der Waals surface area contributed by atoms with Gasteiger partial charge in [-0.25, -0.2) is 4.39 Å². The Labute approximate surface area is 86.9 Å². The number of rotatable bonds is 1. The summed E-state index contributed by atoms with van der Waals surface area (Å²) in [4.78, 5) is 11.1. The summed E-state index contributed by atoms with van der Waals surface area (Å²) >= 11 is 5.91. The molecule has 0 amide bonds. The van der Waals surface area contributed by atoms with Gasteiger partial charge in [-0.05, 0) is 30.0 Å². The maximum Gasteiger partial charge on any atom is 0.133 e. The monoisotopic (exact) mass is 212 g/mol. The van der Waals surface area contributed by atoms with Gasteiger partial charge in [0.05, 0.1) is 0 Å². The molecule has 1 fully saturated rings. The number of Topliss-reactive ketones (excluding diaryl/α,β-unsaturated/α-hetero) is 1. The van der Waals surface area contributed by atoms with Gasteiger partial charge >= 0.3 is 0 Å². The van der Waals surface area contributed by atoms with E-state index in [1.54, 1.807) is 6.07 Å². The van der Waals surface area contributed by atoms with Crippen molar-refractivity contribution < 1.29 is 9.18 Å². The average molecular weight is 213 g/mol. The molecule has 1 aromatic rings. The molecule has 1 saturated carbocycles. The van der Waals surface area contributed by atoms with Crippen LogP contribution in [0.25, 0.3) is 0 Å². The molecule has 0 bridgehead atoms. The minimum Gasteiger partial charge on any atom is -0.300 e. The Hall–Kier alpha value is -0.890. The summed E-state index contributed by atoms with van der Waals surface area (Å²) in [5.74, 6) is 0.133. The van der Waals surface area contributed by atoms with Crippen molar-refractivity contribution in [2.45, 2.75) is 25.2 Å². The molecule has 0 spiro atoms. The number of benzene rings is 1. The topological polar surface area (TPSA) is 17.1 Å². The van der Waals surface area contributed by atoms with Crippen molar-refractivity contribution in [3.63, 3.8) is 0 Å². The Morgan fingerprint density at radius 3 is 2.79 bits per heavy atom. The molecule has 3 heteroatoms. The van der Waals surface area contributed by atoms with E-state index in [4.69, 9.17) is 11.6 Å². The van der Waals surface area contributed by atoms with Crippen LogP contribution in [0.3, 0.4) is 0 Å². The van der Waals surface area contributed by atoms with Crippen LogP contribution in [-0.2, 0) is 4.79 Å². The average Bonchev–Trinajstić information content (AvgIpc) is 2.51. The fraction of sp³-hybridized carbons (Fsp3) is 0.364. The number of hydrogen-bond acceptors (Lipinski definition) is 1. The zero-order valence-electron chi connectivity index (χ0n) is 7.59. The second kappa shape index (κ2) is 3.70. The van der Waals surface area contributed by atoms with Crippen LogP contribution in [0.15, 0.2) is 18.2 Å². The quantitative estimate of drug-likeness (QED) is 0.698. The molecule has 0 N–H and O–H groups in total. The van der Waals surface area contributed by atoms with E-state index in [2.05, 4.69) is 0 Å². The van der Waals surface area contributed by atoms with Gasteiger partial charge in [0, 0.05) is 17.9 Å². The third kappa shape index (κ3) is 1.80. The maximum absolute atomic E-state index is 12.8. The number of carbonyl (C=O) groups excluding carboxylic acids is 1. The summed E-state index contributed by atoms with van der Waals surface area (Å²) < 4.78 is 12.8. The maximum atomic E-state index is 12.8. The van der Waals surface area contributed by atoms with Gasteiger partial charge in [-0.2, -0.15) is 0 Å². The minimum absolute atomic E-state index is 0.190. The summed E-state index contributed by atoms with van der Waals surface area (Å²) in [5, 5.41) is 0.435. The number of halogens is 2. The van der Waals surface area contributed by atoms with Gasteiger partial charge in [-0.1, -0.05) is 17.7 Å². The van der Waals surface area contributed by atoms with Crippen molar-refractivity contribution >= 4 is 17.4 Å². The van der Waals surface area contributed by atoms with E-state index in [-0.39, 0.29) is 17.5 Å². The van der Waals surface area contributed by atoms with Crippen molar-refractivity contribution in [1.82, 2.24) is 0 Å². The smallest absolute Gasteiger partial charge is 0.133 e. The van der Waals surface area contributed by atoms with Crippen molar-refractivity contribution in [3.8, 4) is 0 Å². The minimum atomic E-state index is -0.330. The fourth-order valence-corrected chi connectivity index (χ4v) is 2.23. The van der Waals surface area contributed by atoms with Crippen molar-refractivity contribution in [3.05, 3.63) is 34.6 Å². The highest BCUT2D eigenvalue weighted by molar-refractivity contribution is 6.31. The third-order valence-corrected chi connectivity index (χ3v) is 2.98. The molecule has 1 aromatic carbocycles. The predicted octanol–water partition coefficient (Wildman–Crippen LogP) is 3.32. The van der Waals surface area contributed by atoms with Gasteiger partial charge < -0.3 is 0 Å². The number of hydrogen-bond donors (Lipinski definition) is 0. The van der Waals surface area contributed by atoms with E-state index in [0.717, 1.165) is 12.0 Å². The summed E-state index contributed by atoms with van der Waals surface area (Å²) in [6, 6.07) is 4.38. The highest BCUT2D eigenvalue weighted by Gasteiger charge is 2.25. The molecule has 0 aromatic heterocycles. The first kappa shape index (κ1) is 9.66. The zero-order valence-corrected chi connectivity index (χ0v) is 8.35. The molecular formula is C11H10ClFO. The lowest BCUT2D eigenvalue weighted by molar-refractivity contribution is -0.117.